The summed E-state index contributed by atoms with van der Waals surface area (Å²) >= 11 is 7.51. The minimum absolute atomic E-state index is 0.124. The van der Waals surface area contributed by atoms with Crippen molar-refractivity contribution in [3.63, 3.8) is 0 Å². The van der Waals surface area contributed by atoms with Gasteiger partial charge in [-0.3, -0.25) is 4.79 Å². The Morgan fingerprint density at radius 2 is 1.93 bits per heavy atom. The van der Waals surface area contributed by atoms with Gasteiger partial charge in [0.05, 0.1) is 12.0 Å². The molecule has 1 heterocycles. The molecule has 156 valence electrons. The van der Waals surface area contributed by atoms with Crippen molar-refractivity contribution in [1.82, 2.24) is 9.99 Å². The van der Waals surface area contributed by atoms with Gasteiger partial charge in [0.15, 0.2) is 0 Å². The summed E-state index contributed by atoms with van der Waals surface area (Å²) < 4.78 is 2.22. The number of carbonyl (C=O) groups is 1. The molecule has 30 heavy (non-hydrogen) atoms. The van der Waals surface area contributed by atoms with Gasteiger partial charge in [0, 0.05) is 33.4 Å². The highest BCUT2D eigenvalue weighted by Crippen LogP contribution is 2.23. The van der Waals surface area contributed by atoms with E-state index in [1.54, 1.807) is 6.21 Å². The molecule has 2 aromatic carbocycles. The zero-order valence-corrected chi connectivity index (χ0v) is 19.3. The predicted molar refractivity (Wildman–Crippen MR) is 128 cm³/mol. The van der Waals surface area contributed by atoms with Crippen LogP contribution in [0.3, 0.4) is 0 Å². The summed E-state index contributed by atoms with van der Waals surface area (Å²) in [5.74, 6) is 0.946. The summed E-state index contributed by atoms with van der Waals surface area (Å²) in [5.41, 5.74) is 10.6. The van der Waals surface area contributed by atoms with Crippen LogP contribution in [0, 0.1) is 27.7 Å². The fourth-order valence-electron chi connectivity index (χ4n) is 3.44. The van der Waals surface area contributed by atoms with Gasteiger partial charge in [-0.25, -0.2) is 5.43 Å². The Labute approximate surface area is 187 Å². The second-order valence-corrected chi connectivity index (χ2v) is 8.79. The number of rotatable bonds is 7. The lowest BCUT2D eigenvalue weighted by Gasteiger charge is -2.13. The van der Waals surface area contributed by atoms with Crippen LogP contribution in [-0.2, 0) is 10.5 Å². The molecule has 0 radical (unpaired) electrons. The molecular formula is C24H26ClN3OS. The van der Waals surface area contributed by atoms with Crippen molar-refractivity contribution in [2.24, 2.45) is 5.10 Å². The maximum absolute atomic E-state index is 12.1. The smallest absolute Gasteiger partial charge is 0.250 e. The highest BCUT2D eigenvalue weighted by atomic mass is 35.5. The van der Waals surface area contributed by atoms with Crippen molar-refractivity contribution in [2.45, 2.75) is 33.4 Å². The van der Waals surface area contributed by atoms with Crippen LogP contribution in [0.4, 0.5) is 0 Å². The molecule has 0 aliphatic carbocycles. The Morgan fingerprint density at radius 1 is 1.13 bits per heavy atom. The van der Waals surface area contributed by atoms with E-state index in [-0.39, 0.29) is 5.91 Å². The molecule has 0 fully saturated rings. The molecule has 6 heteroatoms. The second-order valence-electron chi connectivity index (χ2n) is 7.37. The molecule has 4 nitrogen and oxygen atoms in total. The highest BCUT2D eigenvalue weighted by molar-refractivity contribution is 7.99. The van der Waals surface area contributed by atoms with Crippen LogP contribution in [0.2, 0.25) is 5.02 Å². The Balaban J connectivity index is 1.59. The van der Waals surface area contributed by atoms with Gasteiger partial charge in [-0.05, 0) is 63.1 Å². The number of nitrogens with one attached hydrogen (secondary N) is 1. The van der Waals surface area contributed by atoms with Crippen LogP contribution in [0.15, 0.2) is 53.6 Å². The SMILES string of the molecule is Cc1ccc(-n2c(C)cc(/C=N\NC(=O)CSCc3cccc(Cl)c3)c2C)c(C)c1. The van der Waals surface area contributed by atoms with E-state index in [1.165, 1.54) is 22.9 Å². The van der Waals surface area contributed by atoms with Crippen LogP contribution in [0.1, 0.15) is 33.6 Å². The van der Waals surface area contributed by atoms with E-state index in [9.17, 15) is 4.79 Å². The number of aromatic nitrogens is 1. The topological polar surface area (TPSA) is 46.4 Å². The summed E-state index contributed by atoms with van der Waals surface area (Å²) in [5, 5.41) is 4.86. The number of benzene rings is 2. The number of hydrazone groups is 1. The largest absolute Gasteiger partial charge is 0.318 e. The number of thioether (sulfide) groups is 1. The Kier molecular flexibility index (Phi) is 7.40. The average Bonchev–Trinajstić information content (AvgIpc) is 2.96. The van der Waals surface area contributed by atoms with Crippen LogP contribution in [0.5, 0.6) is 0 Å². The van der Waals surface area contributed by atoms with Crippen molar-refractivity contribution >= 4 is 35.5 Å². The maximum atomic E-state index is 12.1. The third kappa shape index (κ3) is 5.55. The molecule has 3 rings (SSSR count). The number of hydrogen-bond acceptors (Lipinski definition) is 3. The van der Waals surface area contributed by atoms with Crippen LogP contribution in [0.25, 0.3) is 5.69 Å². The molecule has 1 N–H and O–H groups in total. The fourth-order valence-corrected chi connectivity index (χ4v) is 4.42. The standard InChI is InChI=1S/C24H26ClN3OS/c1-16-8-9-23(17(2)10-16)28-18(3)11-21(19(28)4)13-26-27-24(29)15-30-14-20-6-5-7-22(25)12-20/h5-13H,14-15H2,1-4H3,(H,27,29)/b26-13-. The first-order valence-electron chi connectivity index (χ1n) is 9.76. The predicted octanol–water partition coefficient (Wildman–Crippen LogP) is 5.75. The number of carbonyl (C=O) groups excluding carboxylic acids is 1. The molecule has 1 aromatic heterocycles. The van der Waals surface area contributed by atoms with E-state index >= 15 is 0 Å². The van der Waals surface area contributed by atoms with Gasteiger partial charge in [-0.2, -0.15) is 5.10 Å². The normalized spacial score (nSPS) is 11.2. The lowest BCUT2D eigenvalue weighted by molar-refractivity contribution is -0.118. The van der Waals surface area contributed by atoms with Gasteiger partial charge < -0.3 is 4.57 Å². The minimum Gasteiger partial charge on any atom is -0.318 e. The number of amides is 1. The van der Waals surface area contributed by atoms with Crippen molar-refractivity contribution in [1.29, 1.82) is 0 Å². The summed E-state index contributed by atoms with van der Waals surface area (Å²) in [6, 6.07) is 16.2. The maximum Gasteiger partial charge on any atom is 0.250 e. The molecule has 0 aliphatic heterocycles. The number of halogens is 1. The summed E-state index contributed by atoms with van der Waals surface area (Å²) in [6.07, 6.45) is 1.71. The van der Waals surface area contributed by atoms with E-state index < -0.39 is 0 Å². The van der Waals surface area contributed by atoms with E-state index in [1.807, 2.05) is 24.3 Å². The first-order valence-corrected chi connectivity index (χ1v) is 11.3. The Hall–Kier alpha value is -2.50. The Bertz CT molecular complexity index is 1090. The summed E-state index contributed by atoms with van der Waals surface area (Å²) in [7, 11) is 0. The molecule has 0 saturated heterocycles. The van der Waals surface area contributed by atoms with Gasteiger partial charge >= 0.3 is 0 Å². The Morgan fingerprint density at radius 3 is 2.67 bits per heavy atom. The van der Waals surface area contributed by atoms with Crippen molar-refractivity contribution < 1.29 is 4.79 Å². The van der Waals surface area contributed by atoms with Gasteiger partial charge in [0.1, 0.15) is 0 Å². The molecule has 0 spiro atoms. The van der Waals surface area contributed by atoms with Gasteiger partial charge in [-0.15, -0.1) is 11.8 Å². The summed E-state index contributed by atoms with van der Waals surface area (Å²) in [4.78, 5) is 12.1. The fraction of sp³-hybridized carbons (Fsp3) is 0.250. The zero-order chi connectivity index (χ0) is 21.7. The third-order valence-electron chi connectivity index (χ3n) is 4.85. The first-order chi connectivity index (χ1) is 14.3. The molecule has 0 saturated carbocycles. The molecule has 0 aliphatic rings. The lowest BCUT2D eigenvalue weighted by Crippen LogP contribution is -2.19. The number of aryl methyl sites for hydroxylation is 3. The average molecular weight is 440 g/mol. The molecule has 0 atom stereocenters. The van der Waals surface area contributed by atoms with Gasteiger partial charge in [-0.1, -0.05) is 41.4 Å². The van der Waals surface area contributed by atoms with Gasteiger partial charge in [0.2, 0.25) is 5.91 Å². The molecule has 3 aromatic rings. The van der Waals surface area contributed by atoms with E-state index in [4.69, 9.17) is 11.6 Å². The first kappa shape index (κ1) is 22.2. The van der Waals surface area contributed by atoms with Crippen molar-refractivity contribution in [3.05, 3.63) is 87.2 Å². The number of nitrogens with zero attached hydrogens (tertiary/aromatic N) is 2. The third-order valence-corrected chi connectivity index (χ3v) is 6.09. The molecule has 0 unspecified atom stereocenters. The molecular weight excluding hydrogens is 414 g/mol. The molecule has 0 bridgehead atoms. The van der Waals surface area contributed by atoms with Crippen LogP contribution in [-0.4, -0.2) is 22.4 Å². The van der Waals surface area contributed by atoms with Gasteiger partial charge in [0.25, 0.3) is 0 Å². The quantitative estimate of drug-likeness (QED) is 0.376. The molecule has 1 amide bonds. The van der Waals surface area contributed by atoms with Crippen molar-refractivity contribution in [2.75, 3.05) is 5.75 Å². The second kappa shape index (κ2) is 10.0. The van der Waals surface area contributed by atoms with E-state index in [2.05, 4.69) is 67.1 Å². The lowest BCUT2D eigenvalue weighted by atomic mass is 10.1. The van der Waals surface area contributed by atoms with Crippen LogP contribution >= 0.6 is 23.4 Å². The monoisotopic (exact) mass is 439 g/mol. The van der Waals surface area contributed by atoms with E-state index in [0.717, 1.165) is 34.0 Å². The van der Waals surface area contributed by atoms with Crippen molar-refractivity contribution in [3.8, 4) is 5.69 Å². The summed E-state index contributed by atoms with van der Waals surface area (Å²) in [6.45, 7) is 8.36. The zero-order valence-electron chi connectivity index (χ0n) is 17.7. The minimum atomic E-state index is -0.124. The van der Waals surface area contributed by atoms with E-state index in [0.29, 0.717) is 10.8 Å². The van der Waals surface area contributed by atoms with Crippen LogP contribution < -0.4 is 5.43 Å². The number of hydrogen-bond donors (Lipinski definition) is 1. The highest BCUT2D eigenvalue weighted by Gasteiger charge is 2.11.